The fourth-order valence-corrected chi connectivity index (χ4v) is 2.55. The van der Waals surface area contributed by atoms with Gasteiger partial charge in [0.1, 0.15) is 0 Å². The zero-order valence-corrected chi connectivity index (χ0v) is 11.6. The van der Waals surface area contributed by atoms with Gasteiger partial charge in [-0.3, -0.25) is 4.79 Å². The Labute approximate surface area is 123 Å². The smallest absolute Gasteiger partial charge is 0.231 e. The van der Waals surface area contributed by atoms with Crippen LogP contribution in [0.5, 0.6) is 0 Å². The summed E-state index contributed by atoms with van der Waals surface area (Å²) in [7, 11) is 0. The molecule has 1 aromatic heterocycles. The van der Waals surface area contributed by atoms with Crippen molar-refractivity contribution in [1.82, 2.24) is 10.3 Å². The highest BCUT2D eigenvalue weighted by Gasteiger charge is 2.12. The lowest BCUT2D eigenvalue weighted by Gasteiger charge is -2.06. The Hall–Kier alpha value is -2.59. The normalized spacial score (nSPS) is 10.9. The van der Waals surface area contributed by atoms with Gasteiger partial charge in [0.25, 0.3) is 0 Å². The van der Waals surface area contributed by atoms with E-state index in [-0.39, 0.29) is 12.5 Å². The summed E-state index contributed by atoms with van der Waals surface area (Å²) in [5.74, 6) is -0.351. The van der Waals surface area contributed by atoms with Crippen LogP contribution in [0.4, 0.5) is 0 Å². The number of H-pyrrole nitrogens is 1. The van der Waals surface area contributed by atoms with Crippen molar-refractivity contribution in [2.45, 2.75) is 6.54 Å². The van der Waals surface area contributed by atoms with Gasteiger partial charge in [-0.1, -0.05) is 48.5 Å². The van der Waals surface area contributed by atoms with Gasteiger partial charge in [0.2, 0.25) is 5.91 Å². The number of carbonyl (C=O) groups excluding carboxylic acids is 1. The molecule has 0 spiro atoms. The lowest BCUT2D eigenvalue weighted by molar-refractivity contribution is -0.117. The minimum atomic E-state index is -0.351. The third-order valence-electron chi connectivity index (χ3n) is 3.48. The van der Waals surface area contributed by atoms with Crippen LogP contribution in [0.2, 0.25) is 0 Å². The molecule has 0 fully saturated rings. The highest BCUT2D eigenvalue weighted by atomic mass is 16.1. The standard InChI is InChI=1S/C17H17N3O/c18-16(21)11-19-10-14-13-8-4-5-9-15(13)20-17(14)12-6-2-1-3-7-12/h1-9,19-20H,10-11H2,(H2,18,21). The van der Waals surface area contributed by atoms with Crippen molar-refractivity contribution < 1.29 is 4.79 Å². The molecule has 3 rings (SSSR count). The predicted molar refractivity (Wildman–Crippen MR) is 84.6 cm³/mol. The molecule has 0 radical (unpaired) electrons. The van der Waals surface area contributed by atoms with Gasteiger partial charge in [-0.2, -0.15) is 0 Å². The van der Waals surface area contributed by atoms with Gasteiger partial charge in [0, 0.05) is 17.4 Å². The summed E-state index contributed by atoms with van der Waals surface area (Å²) in [6.07, 6.45) is 0. The van der Waals surface area contributed by atoms with Gasteiger partial charge in [0.05, 0.1) is 12.2 Å². The maximum Gasteiger partial charge on any atom is 0.231 e. The number of rotatable bonds is 5. The predicted octanol–water partition coefficient (Wildman–Crippen LogP) is 2.41. The van der Waals surface area contributed by atoms with Gasteiger partial charge in [-0.15, -0.1) is 0 Å². The third kappa shape index (κ3) is 2.80. The van der Waals surface area contributed by atoms with E-state index in [1.54, 1.807) is 0 Å². The van der Waals surface area contributed by atoms with Crippen LogP contribution in [0.1, 0.15) is 5.56 Å². The number of nitrogens with two attached hydrogens (primary N) is 1. The highest BCUT2D eigenvalue weighted by molar-refractivity contribution is 5.90. The second kappa shape index (κ2) is 5.81. The first-order valence-electron chi connectivity index (χ1n) is 6.90. The summed E-state index contributed by atoms with van der Waals surface area (Å²) in [5, 5.41) is 4.26. The minimum absolute atomic E-state index is 0.174. The van der Waals surface area contributed by atoms with Crippen LogP contribution < -0.4 is 11.1 Å². The second-order valence-corrected chi connectivity index (χ2v) is 4.96. The van der Waals surface area contributed by atoms with E-state index >= 15 is 0 Å². The molecular weight excluding hydrogens is 262 g/mol. The van der Waals surface area contributed by atoms with Crippen LogP contribution in [-0.4, -0.2) is 17.4 Å². The Bertz CT molecular complexity index is 762. The van der Waals surface area contributed by atoms with Gasteiger partial charge in [-0.05, 0) is 17.2 Å². The molecule has 0 aliphatic carbocycles. The Morgan fingerprint density at radius 3 is 2.52 bits per heavy atom. The number of hydrogen-bond donors (Lipinski definition) is 3. The number of nitrogens with one attached hydrogen (secondary N) is 2. The zero-order chi connectivity index (χ0) is 14.7. The third-order valence-corrected chi connectivity index (χ3v) is 3.48. The van der Waals surface area contributed by atoms with Crippen molar-refractivity contribution in [2.24, 2.45) is 5.73 Å². The monoisotopic (exact) mass is 279 g/mol. The number of primary amides is 1. The van der Waals surface area contributed by atoms with Crippen LogP contribution >= 0.6 is 0 Å². The van der Waals surface area contributed by atoms with Crippen molar-refractivity contribution in [2.75, 3.05) is 6.54 Å². The molecule has 0 saturated carbocycles. The average molecular weight is 279 g/mol. The Kier molecular flexibility index (Phi) is 3.71. The summed E-state index contributed by atoms with van der Waals surface area (Å²) in [6.45, 7) is 0.769. The van der Waals surface area contributed by atoms with E-state index in [4.69, 9.17) is 5.73 Å². The van der Waals surface area contributed by atoms with E-state index in [0.29, 0.717) is 6.54 Å². The van der Waals surface area contributed by atoms with Gasteiger partial charge >= 0.3 is 0 Å². The van der Waals surface area contributed by atoms with Crippen LogP contribution in [-0.2, 0) is 11.3 Å². The van der Waals surface area contributed by atoms with E-state index in [1.165, 1.54) is 0 Å². The van der Waals surface area contributed by atoms with E-state index in [2.05, 4.69) is 34.6 Å². The Morgan fingerprint density at radius 1 is 1.05 bits per heavy atom. The quantitative estimate of drug-likeness (QED) is 0.671. The largest absolute Gasteiger partial charge is 0.369 e. The van der Waals surface area contributed by atoms with Crippen molar-refractivity contribution in [3.63, 3.8) is 0 Å². The van der Waals surface area contributed by atoms with Gasteiger partial charge in [0.15, 0.2) is 0 Å². The molecule has 0 bridgehead atoms. The molecule has 0 aliphatic heterocycles. The fourth-order valence-electron chi connectivity index (χ4n) is 2.55. The first-order chi connectivity index (χ1) is 10.3. The minimum Gasteiger partial charge on any atom is -0.369 e. The summed E-state index contributed by atoms with van der Waals surface area (Å²) < 4.78 is 0. The molecule has 106 valence electrons. The molecule has 4 N–H and O–H groups in total. The van der Waals surface area contributed by atoms with E-state index < -0.39 is 0 Å². The maximum atomic E-state index is 10.9. The molecule has 1 amide bonds. The molecular formula is C17H17N3O. The van der Waals surface area contributed by atoms with Crippen LogP contribution in [0.3, 0.4) is 0 Å². The lowest BCUT2D eigenvalue weighted by Crippen LogP contribution is -2.28. The first-order valence-corrected chi connectivity index (χ1v) is 6.90. The number of aromatic nitrogens is 1. The first kappa shape index (κ1) is 13.4. The summed E-state index contributed by atoms with van der Waals surface area (Å²) in [5.41, 5.74) is 9.63. The number of fused-ring (bicyclic) bond motifs is 1. The second-order valence-electron chi connectivity index (χ2n) is 4.96. The van der Waals surface area contributed by atoms with Gasteiger partial charge in [-0.25, -0.2) is 0 Å². The number of para-hydroxylation sites is 1. The molecule has 1 heterocycles. The highest BCUT2D eigenvalue weighted by Crippen LogP contribution is 2.30. The Balaban J connectivity index is 2.04. The molecule has 3 aromatic rings. The van der Waals surface area contributed by atoms with Crippen LogP contribution in [0.25, 0.3) is 22.2 Å². The molecule has 0 unspecified atom stereocenters. The number of benzene rings is 2. The van der Waals surface area contributed by atoms with E-state index in [0.717, 1.165) is 27.7 Å². The van der Waals surface area contributed by atoms with Crippen molar-refractivity contribution >= 4 is 16.8 Å². The average Bonchev–Trinajstić information content (AvgIpc) is 2.87. The molecule has 4 heteroatoms. The van der Waals surface area contributed by atoms with Crippen molar-refractivity contribution in [3.05, 3.63) is 60.2 Å². The van der Waals surface area contributed by atoms with E-state index in [1.807, 2.05) is 30.3 Å². The van der Waals surface area contributed by atoms with Crippen LogP contribution in [0, 0.1) is 0 Å². The summed E-state index contributed by atoms with van der Waals surface area (Å²) >= 11 is 0. The zero-order valence-electron chi connectivity index (χ0n) is 11.6. The molecule has 0 atom stereocenters. The summed E-state index contributed by atoms with van der Waals surface area (Å²) in [6, 6.07) is 18.3. The molecule has 4 nitrogen and oxygen atoms in total. The number of aromatic amines is 1. The number of carbonyl (C=O) groups is 1. The van der Waals surface area contributed by atoms with Gasteiger partial charge < -0.3 is 16.0 Å². The fraction of sp³-hybridized carbons (Fsp3) is 0.118. The van der Waals surface area contributed by atoms with Crippen molar-refractivity contribution in [3.8, 4) is 11.3 Å². The maximum absolute atomic E-state index is 10.9. The SMILES string of the molecule is NC(=O)CNCc1c(-c2ccccc2)[nH]c2ccccc12. The van der Waals surface area contributed by atoms with E-state index in [9.17, 15) is 4.79 Å². The molecule has 0 saturated heterocycles. The molecule has 21 heavy (non-hydrogen) atoms. The topological polar surface area (TPSA) is 70.9 Å². The lowest BCUT2D eigenvalue weighted by atomic mass is 10.1. The summed E-state index contributed by atoms with van der Waals surface area (Å²) in [4.78, 5) is 14.4. The van der Waals surface area contributed by atoms with Crippen molar-refractivity contribution in [1.29, 1.82) is 0 Å². The number of hydrogen-bond acceptors (Lipinski definition) is 2. The molecule has 0 aliphatic rings. The van der Waals surface area contributed by atoms with Crippen LogP contribution in [0.15, 0.2) is 54.6 Å². The molecule has 2 aromatic carbocycles. The number of amides is 1. The Morgan fingerprint density at radius 2 is 1.76 bits per heavy atom.